The number of aryl methyl sites for hydroxylation is 3. The van der Waals surface area contributed by atoms with Crippen LogP contribution in [0.4, 0.5) is 11.5 Å². The van der Waals surface area contributed by atoms with E-state index < -0.39 is 0 Å². The van der Waals surface area contributed by atoms with Gasteiger partial charge in [0.25, 0.3) is 0 Å². The summed E-state index contributed by atoms with van der Waals surface area (Å²) in [5.74, 6) is 1.84. The predicted octanol–water partition coefficient (Wildman–Crippen LogP) is 4.52. The van der Waals surface area contributed by atoms with Gasteiger partial charge in [0.15, 0.2) is 17.3 Å². The lowest BCUT2D eigenvalue weighted by Crippen LogP contribution is -2.26. The monoisotopic (exact) mass is 591 g/mol. The zero-order valence-corrected chi connectivity index (χ0v) is 25.8. The molecule has 0 fully saturated rings. The molecule has 0 saturated heterocycles. The van der Waals surface area contributed by atoms with E-state index in [4.69, 9.17) is 14.2 Å². The SMILES string of the molecule is COc1cc2c(c(OC)c1OC)-c1ccc(NCCCCCC(=O)Nc3cc(C)n(C)n3)c(=O)cc1[C@@H](NC(C)=O)CC2. The second kappa shape index (κ2) is 14.1. The van der Waals surface area contributed by atoms with Crippen LogP contribution in [0.5, 0.6) is 17.2 Å². The molecular formula is C32H41N5O6. The topological polar surface area (TPSA) is 133 Å². The molecule has 43 heavy (non-hydrogen) atoms. The number of hydrogen-bond acceptors (Lipinski definition) is 8. The fourth-order valence-corrected chi connectivity index (χ4v) is 5.49. The number of nitrogens with one attached hydrogen (secondary N) is 3. The molecule has 0 aliphatic heterocycles. The number of ether oxygens (including phenoxy) is 3. The van der Waals surface area contributed by atoms with E-state index in [2.05, 4.69) is 21.0 Å². The van der Waals surface area contributed by atoms with Crippen molar-refractivity contribution in [1.29, 1.82) is 0 Å². The molecule has 2 amide bonds. The van der Waals surface area contributed by atoms with Gasteiger partial charge in [-0.2, -0.15) is 5.10 Å². The highest BCUT2D eigenvalue weighted by Crippen LogP contribution is 2.50. The molecule has 1 heterocycles. The molecular weight excluding hydrogens is 550 g/mol. The lowest BCUT2D eigenvalue weighted by molar-refractivity contribution is -0.119. The number of carbonyl (C=O) groups is 2. The fraction of sp³-hybridized carbons (Fsp3) is 0.438. The highest BCUT2D eigenvalue weighted by Gasteiger charge is 2.29. The van der Waals surface area contributed by atoms with Crippen molar-refractivity contribution >= 4 is 23.3 Å². The van der Waals surface area contributed by atoms with E-state index in [0.717, 1.165) is 41.6 Å². The van der Waals surface area contributed by atoms with Gasteiger partial charge in [0.1, 0.15) is 0 Å². The number of carbonyl (C=O) groups excluding carboxylic acids is 2. The van der Waals surface area contributed by atoms with Gasteiger partial charge in [-0.3, -0.25) is 19.1 Å². The average molecular weight is 592 g/mol. The minimum absolute atomic E-state index is 0.0665. The van der Waals surface area contributed by atoms with Gasteiger partial charge in [0, 0.05) is 44.3 Å². The first-order chi connectivity index (χ1) is 20.7. The molecule has 4 rings (SSSR count). The van der Waals surface area contributed by atoms with Crippen molar-refractivity contribution < 1.29 is 23.8 Å². The minimum atomic E-state index is -0.365. The Kier molecular flexibility index (Phi) is 10.3. The van der Waals surface area contributed by atoms with Gasteiger partial charge in [0.05, 0.1) is 33.1 Å². The van der Waals surface area contributed by atoms with Crippen LogP contribution in [0, 0.1) is 6.92 Å². The summed E-state index contributed by atoms with van der Waals surface area (Å²) in [6, 6.07) is 8.68. The summed E-state index contributed by atoms with van der Waals surface area (Å²) in [7, 11) is 6.54. The van der Waals surface area contributed by atoms with Crippen LogP contribution in [0.25, 0.3) is 11.1 Å². The van der Waals surface area contributed by atoms with Crippen LogP contribution in [0.1, 0.15) is 61.9 Å². The summed E-state index contributed by atoms with van der Waals surface area (Å²) < 4.78 is 18.8. The molecule has 11 nitrogen and oxygen atoms in total. The van der Waals surface area contributed by atoms with Crippen molar-refractivity contribution in [2.45, 2.75) is 58.4 Å². The van der Waals surface area contributed by atoms with Crippen molar-refractivity contribution in [2.24, 2.45) is 7.05 Å². The molecule has 0 saturated carbocycles. The maximum atomic E-state index is 13.4. The lowest BCUT2D eigenvalue weighted by Gasteiger charge is -2.19. The Morgan fingerprint density at radius 2 is 1.79 bits per heavy atom. The second-order valence-corrected chi connectivity index (χ2v) is 10.7. The van der Waals surface area contributed by atoms with E-state index in [0.29, 0.717) is 60.1 Å². The van der Waals surface area contributed by atoms with Gasteiger partial charge in [-0.1, -0.05) is 12.5 Å². The molecule has 11 heteroatoms. The van der Waals surface area contributed by atoms with Crippen molar-refractivity contribution in [3.05, 3.63) is 57.4 Å². The zero-order chi connectivity index (χ0) is 31.1. The Morgan fingerprint density at radius 3 is 2.44 bits per heavy atom. The number of benzene rings is 1. The maximum absolute atomic E-state index is 13.4. The first kappa shape index (κ1) is 31.4. The highest BCUT2D eigenvalue weighted by molar-refractivity contribution is 5.89. The molecule has 3 aromatic rings. The number of fused-ring (bicyclic) bond motifs is 3. The molecule has 0 unspecified atom stereocenters. The quantitative estimate of drug-likeness (QED) is 0.262. The number of nitrogens with zero attached hydrogens (tertiary/aromatic N) is 2. The van der Waals surface area contributed by atoms with E-state index in [1.807, 2.05) is 32.2 Å². The third-order valence-electron chi connectivity index (χ3n) is 7.69. The number of methoxy groups -OCH3 is 3. The third kappa shape index (κ3) is 7.28. The number of rotatable bonds is 12. The van der Waals surface area contributed by atoms with Crippen LogP contribution in [0.3, 0.4) is 0 Å². The standard InChI is InChI=1S/C32H41N5O6/c1-19-16-28(36-37(19)3)35-29(40)10-8-7-9-15-33-25-14-12-22-23(18-26(25)39)24(34-20(2)38)13-11-21-17-27(41-4)31(42-5)32(43-6)30(21)22/h12,14,16-18,24H,7-11,13,15H2,1-6H3,(H,33,39)(H,34,38)(H,35,36,40)/t24-/m0/s1. The summed E-state index contributed by atoms with van der Waals surface area (Å²) in [4.78, 5) is 37.8. The average Bonchev–Trinajstić information content (AvgIpc) is 3.11. The number of aromatic nitrogens is 2. The molecule has 0 bridgehead atoms. The van der Waals surface area contributed by atoms with Crippen LogP contribution < -0.4 is 35.6 Å². The van der Waals surface area contributed by atoms with Crippen LogP contribution in [-0.4, -0.2) is 49.5 Å². The van der Waals surface area contributed by atoms with Crippen LogP contribution in [0.15, 0.2) is 35.1 Å². The van der Waals surface area contributed by atoms with E-state index in [1.54, 1.807) is 38.1 Å². The Morgan fingerprint density at radius 1 is 1.02 bits per heavy atom. The van der Waals surface area contributed by atoms with Crippen molar-refractivity contribution in [3.8, 4) is 28.4 Å². The van der Waals surface area contributed by atoms with Gasteiger partial charge in [-0.05, 0) is 67.5 Å². The summed E-state index contributed by atoms with van der Waals surface area (Å²) in [5.41, 5.74) is 4.53. The molecule has 1 aliphatic carbocycles. The third-order valence-corrected chi connectivity index (χ3v) is 7.69. The van der Waals surface area contributed by atoms with E-state index >= 15 is 0 Å². The van der Waals surface area contributed by atoms with Crippen molar-refractivity contribution in [2.75, 3.05) is 38.5 Å². The molecule has 230 valence electrons. The first-order valence-electron chi connectivity index (χ1n) is 14.5. The Hall–Kier alpha value is -4.54. The van der Waals surface area contributed by atoms with Gasteiger partial charge in [-0.15, -0.1) is 0 Å². The van der Waals surface area contributed by atoms with E-state index in [9.17, 15) is 14.4 Å². The van der Waals surface area contributed by atoms with Gasteiger partial charge in [0.2, 0.25) is 23.0 Å². The van der Waals surface area contributed by atoms with Crippen LogP contribution in [-0.2, 0) is 23.1 Å². The predicted molar refractivity (Wildman–Crippen MR) is 166 cm³/mol. The van der Waals surface area contributed by atoms with Crippen molar-refractivity contribution in [3.63, 3.8) is 0 Å². The summed E-state index contributed by atoms with van der Waals surface area (Å²) in [6.45, 7) is 3.98. The van der Waals surface area contributed by atoms with Gasteiger partial charge in [-0.25, -0.2) is 0 Å². The molecule has 0 radical (unpaired) electrons. The second-order valence-electron chi connectivity index (χ2n) is 10.7. The van der Waals surface area contributed by atoms with E-state index in [-0.39, 0.29) is 23.3 Å². The molecule has 2 aromatic carbocycles. The van der Waals surface area contributed by atoms with Gasteiger partial charge < -0.3 is 30.2 Å². The first-order valence-corrected chi connectivity index (χ1v) is 14.5. The lowest BCUT2D eigenvalue weighted by atomic mass is 9.95. The molecule has 1 aliphatic rings. The van der Waals surface area contributed by atoms with Crippen LogP contribution >= 0.6 is 0 Å². The highest BCUT2D eigenvalue weighted by atomic mass is 16.5. The molecule has 0 spiro atoms. The Labute approximate surface area is 251 Å². The number of hydrogen-bond donors (Lipinski definition) is 3. The molecule has 1 aromatic heterocycles. The van der Waals surface area contributed by atoms with Crippen LogP contribution in [0.2, 0.25) is 0 Å². The maximum Gasteiger partial charge on any atom is 0.225 e. The molecule has 1 atom stereocenters. The minimum Gasteiger partial charge on any atom is -0.493 e. The fourth-order valence-electron chi connectivity index (χ4n) is 5.49. The van der Waals surface area contributed by atoms with Crippen molar-refractivity contribution in [1.82, 2.24) is 15.1 Å². The summed E-state index contributed by atoms with van der Waals surface area (Å²) in [6.07, 6.45) is 3.96. The Bertz CT molecular complexity index is 1530. The normalized spacial score (nSPS) is 13.7. The number of anilines is 2. The molecule has 3 N–H and O–H groups in total. The van der Waals surface area contributed by atoms with Gasteiger partial charge >= 0.3 is 0 Å². The Balaban J connectivity index is 1.51. The zero-order valence-electron chi connectivity index (χ0n) is 25.8. The summed E-state index contributed by atoms with van der Waals surface area (Å²) in [5, 5.41) is 13.4. The smallest absolute Gasteiger partial charge is 0.225 e. The summed E-state index contributed by atoms with van der Waals surface area (Å²) >= 11 is 0. The number of amides is 2. The van der Waals surface area contributed by atoms with E-state index in [1.165, 1.54) is 6.92 Å². The number of unbranched alkanes of at least 4 members (excludes halogenated alkanes) is 2. The largest absolute Gasteiger partial charge is 0.493 e.